The molecule has 0 unspecified atom stereocenters. The van der Waals surface area contributed by atoms with Crippen molar-refractivity contribution in [3.63, 3.8) is 0 Å². The van der Waals surface area contributed by atoms with Crippen molar-refractivity contribution in [1.29, 1.82) is 0 Å². The maximum absolute atomic E-state index is 12.6. The van der Waals surface area contributed by atoms with E-state index in [4.69, 9.17) is 0 Å². The van der Waals surface area contributed by atoms with Gasteiger partial charge in [0, 0.05) is 6.54 Å². The van der Waals surface area contributed by atoms with E-state index in [-0.39, 0.29) is 25.0 Å². The van der Waals surface area contributed by atoms with Crippen LogP contribution in [0, 0.1) is 0 Å². The lowest BCUT2D eigenvalue weighted by Gasteiger charge is -2.17. The molecule has 1 aromatic heterocycles. The summed E-state index contributed by atoms with van der Waals surface area (Å²) in [4.78, 5) is 37.6. The Morgan fingerprint density at radius 2 is 1.56 bits per heavy atom. The van der Waals surface area contributed by atoms with E-state index in [9.17, 15) is 14.4 Å². The molecule has 1 amide bonds. The number of aromatic nitrogens is 2. The number of rotatable bonds is 6. The van der Waals surface area contributed by atoms with Crippen molar-refractivity contribution in [2.45, 2.75) is 26.1 Å². The molecule has 3 aromatic rings. The molecule has 0 saturated carbocycles. The molecule has 1 N–H and O–H groups in total. The molecule has 27 heavy (non-hydrogen) atoms. The quantitative estimate of drug-likeness (QED) is 0.539. The van der Waals surface area contributed by atoms with Crippen LogP contribution in [0.3, 0.4) is 0 Å². The Bertz CT molecular complexity index is 1100. The first kappa shape index (κ1) is 18.4. The SMILES string of the molecule is C=CCn1c(=O)c(=O)n(CC(=O)N[C@@H](C)c2ccccc2)c2ccccc21. The maximum Gasteiger partial charge on any atom is 0.317 e. The van der Waals surface area contributed by atoms with Crippen LogP contribution in [0.4, 0.5) is 0 Å². The third-order valence-electron chi connectivity index (χ3n) is 4.43. The normalized spacial score (nSPS) is 11.9. The highest BCUT2D eigenvalue weighted by Gasteiger charge is 2.16. The van der Waals surface area contributed by atoms with E-state index in [1.165, 1.54) is 9.13 Å². The van der Waals surface area contributed by atoms with Gasteiger partial charge in [0.05, 0.1) is 17.1 Å². The Labute approximate surface area is 156 Å². The van der Waals surface area contributed by atoms with E-state index < -0.39 is 11.1 Å². The molecule has 3 rings (SSSR count). The number of benzene rings is 2. The summed E-state index contributed by atoms with van der Waals surface area (Å²) >= 11 is 0. The molecule has 0 aliphatic heterocycles. The highest BCUT2D eigenvalue weighted by molar-refractivity contribution is 5.80. The topological polar surface area (TPSA) is 73.1 Å². The van der Waals surface area contributed by atoms with Gasteiger partial charge >= 0.3 is 11.1 Å². The zero-order valence-corrected chi connectivity index (χ0v) is 15.1. The minimum atomic E-state index is -0.724. The number of fused-ring (bicyclic) bond motifs is 1. The Morgan fingerprint density at radius 1 is 1.00 bits per heavy atom. The lowest BCUT2D eigenvalue weighted by Crippen LogP contribution is -2.44. The van der Waals surface area contributed by atoms with Crippen LogP contribution in [0.2, 0.25) is 0 Å². The van der Waals surface area contributed by atoms with Gasteiger partial charge in [-0.2, -0.15) is 0 Å². The van der Waals surface area contributed by atoms with Crippen LogP contribution in [-0.2, 0) is 17.9 Å². The first-order chi connectivity index (χ1) is 13.0. The second kappa shape index (κ2) is 7.86. The summed E-state index contributed by atoms with van der Waals surface area (Å²) in [5.41, 5.74) is 0.692. The van der Waals surface area contributed by atoms with Crippen molar-refractivity contribution in [1.82, 2.24) is 14.5 Å². The molecule has 0 spiro atoms. The Hall–Kier alpha value is -3.41. The van der Waals surface area contributed by atoms with Gasteiger partial charge in [-0.15, -0.1) is 6.58 Å². The van der Waals surface area contributed by atoms with Gasteiger partial charge in [-0.25, -0.2) is 0 Å². The molecular formula is C21H21N3O3. The fourth-order valence-electron chi connectivity index (χ4n) is 3.09. The molecule has 1 atom stereocenters. The van der Waals surface area contributed by atoms with Gasteiger partial charge in [-0.3, -0.25) is 23.5 Å². The van der Waals surface area contributed by atoms with Crippen LogP contribution < -0.4 is 16.4 Å². The molecule has 2 aromatic carbocycles. The standard InChI is InChI=1S/C21H21N3O3/c1-3-13-23-17-11-7-8-12-18(17)24(21(27)20(23)26)14-19(25)22-15(2)16-9-5-4-6-10-16/h3-12,15H,1,13-14H2,2H3,(H,22,25)/t15-/m0/s1. The van der Waals surface area contributed by atoms with Gasteiger partial charge in [0.1, 0.15) is 6.54 Å². The summed E-state index contributed by atoms with van der Waals surface area (Å²) in [7, 11) is 0. The average molecular weight is 363 g/mol. The summed E-state index contributed by atoms with van der Waals surface area (Å²) in [5.74, 6) is -0.334. The van der Waals surface area contributed by atoms with Gasteiger partial charge in [0.15, 0.2) is 0 Å². The van der Waals surface area contributed by atoms with Crippen molar-refractivity contribution in [2.75, 3.05) is 0 Å². The van der Waals surface area contributed by atoms with Gasteiger partial charge < -0.3 is 5.32 Å². The number of para-hydroxylation sites is 2. The Balaban J connectivity index is 1.95. The highest BCUT2D eigenvalue weighted by Crippen LogP contribution is 2.13. The smallest absolute Gasteiger partial charge is 0.317 e. The largest absolute Gasteiger partial charge is 0.348 e. The number of nitrogens with one attached hydrogen (secondary N) is 1. The molecule has 0 bridgehead atoms. The molecule has 6 nitrogen and oxygen atoms in total. The lowest BCUT2D eigenvalue weighted by molar-refractivity contribution is -0.122. The number of carbonyl (C=O) groups is 1. The van der Waals surface area contributed by atoms with Crippen LogP contribution in [0.1, 0.15) is 18.5 Å². The van der Waals surface area contributed by atoms with Crippen molar-refractivity contribution < 1.29 is 4.79 Å². The highest BCUT2D eigenvalue weighted by atomic mass is 16.2. The van der Waals surface area contributed by atoms with Gasteiger partial charge in [-0.05, 0) is 24.6 Å². The van der Waals surface area contributed by atoms with Crippen molar-refractivity contribution in [3.8, 4) is 0 Å². The number of hydrogen-bond acceptors (Lipinski definition) is 3. The molecule has 0 aliphatic rings. The van der Waals surface area contributed by atoms with Crippen molar-refractivity contribution >= 4 is 16.9 Å². The van der Waals surface area contributed by atoms with Crippen LogP contribution in [0.25, 0.3) is 11.0 Å². The summed E-state index contributed by atoms with van der Waals surface area (Å²) < 4.78 is 2.59. The molecule has 0 fully saturated rings. The third kappa shape index (κ3) is 3.74. The van der Waals surface area contributed by atoms with Crippen LogP contribution in [0.15, 0.2) is 76.8 Å². The monoisotopic (exact) mass is 363 g/mol. The zero-order chi connectivity index (χ0) is 19.4. The molecule has 0 radical (unpaired) electrons. The van der Waals surface area contributed by atoms with E-state index in [2.05, 4.69) is 11.9 Å². The van der Waals surface area contributed by atoms with E-state index in [1.54, 1.807) is 30.3 Å². The van der Waals surface area contributed by atoms with E-state index in [1.807, 2.05) is 37.3 Å². The summed E-state index contributed by atoms with van der Waals surface area (Å²) in [6, 6.07) is 16.4. The molecule has 6 heteroatoms. The van der Waals surface area contributed by atoms with Crippen LogP contribution >= 0.6 is 0 Å². The zero-order valence-electron chi connectivity index (χ0n) is 15.1. The van der Waals surface area contributed by atoms with E-state index in [0.29, 0.717) is 11.0 Å². The molecular weight excluding hydrogens is 342 g/mol. The summed E-state index contributed by atoms with van der Waals surface area (Å²) in [6.45, 7) is 5.51. The van der Waals surface area contributed by atoms with Gasteiger partial charge in [0.25, 0.3) is 0 Å². The van der Waals surface area contributed by atoms with E-state index in [0.717, 1.165) is 5.56 Å². The number of carbonyl (C=O) groups excluding carboxylic acids is 1. The van der Waals surface area contributed by atoms with Crippen molar-refractivity contribution in [2.24, 2.45) is 0 Å². The maximum atomic E-state index is 12.6. The number of hydrogen-bond donors (Lipinski definition) is 1. The first-order valence-electron chi connectivity index (χ1n) is 8.70. The summed E-state index contributed by atoms with van der Waals surface area (Å²) in [6.07, 6.45) is 1.56. The fraction of sp³-hybridized carbons (Fsp3) is 0.190. The second-order valence-electron chi connectivity index (χ2n) is 6.28. The van der Waals surface area contributed by atoms with E-state index >= 15 is 0 Å². The Morgan fingerprint density at radius 3 is 2.19 bits per heavy atom. The van der Waals surface area contributed by atoms with Gasteiger partial charge in [0.2, 0.25) is 5.91 Å². The Kier molecular flexibility index (Phi) is 5.35. The minimum Gasteiger partial charge on any atom is -0.348 e. The van der Waals surface area contributed by atoms with Gasteiger partial charge in [-0.1, -0.05) is 48.5 Å². The number of nitrogens with zero attached hydrogens (tertiary/aromatic N) is 2. The molecule has 1 heterocycles. The predicted molar refractivity (Wildman–Crippen MR) is 106 cm³/mol. The van der Waals surface area contributed by atoms with Crippen molar-refractivity contribution in [3.05, 3.63) is 93.5 Å². The molecule has 138 valence electrons. The predicted octanol–water partition coefficient (Wildman–Crippen LogP) is 2.23. The third-order valence-corrected chi connectivity index (χ3v) is 4.43. The number of amides is 1. The minimum absolute atomic E-state index is 0.207. The second-order valence-corrected chi connectivity index (χ2v) is 6.28. The molecule has 0 saturated heterocycles. The molecule has 0 aliphatic carbocycles. The van der Waals surface area contributed by atoms with Crippen LogP contribution in [0.5, 0.6) is 0 Å². The fourth-order valence-corrected chi connectivity index (χ4v) is 3.09. The first-order valence-corrected chi connectivity index (χ1v) is 8.70. The van der Waals surface area contributed by atoms with Crippen LogP contribution in [-0.4, -0.2) is 15.0 Å². The number of allylic oxidation sites excluding steroid dienone is 1. The lowest BCUT2D eigenvalue weighted by atomic mass is 10.1. The average Bonchev–Trinajstić information content (AvgIpc) is 2.69. The summed E-state index contributed by atoms with van der Waals surface area (Å²) in [5, 5.41) is 2.87.